The van der Waals surface area contributed by atoms with Gasteiger partial charge in [-0.25, -0.2) is 9.97 Å². The molecule has 32 heavy (non-hydrogen) atoms. The minimum Gasteiger partial charge on any atom is -0.340 e. The Morgan fingerprint density at radius 2 is 1.78 bits per heavy atom. The molecule has 0 aliphatic heterocycles. The summed E-state index contributed by atoms with van der Waals surface area (Å²) in [6.07, 6.45) is 2.82. The van der Waals surface area contributed by atoms with E-state index in [-0.39, 0.29) is 5.69 Å². The molecule has 1 N–H and O–H groups in total. The summed E-state index contributed by atoms with van der Waals surface area (Å²) in [6.45, 7) is 0. The molecular formula is C23H17F3N6. The number of hydrogen-bond acceptors (Lipinski definition) is 4. The number of nitrogens with one attached hydrogen (secondary N) is 1. The van der Waals surface area contributed by atoms with Crippen LogP contribution in [0, 0.1) is 0 Å². The van der Waals surface area contributed by atoms with E-state index in [0.717, 1.165) is 28.5 Å². The van der Waals surface area contributed by atoms with Crippen LogP contribution >= 0.6 is 0 Å². The first kappa shape index (κ1) is 19.8. The van der Waals surface area contributed by atoms with Crippen LogP contribution in [0.3, 0.4) is 0 Å². The average molecular weight is 434 g/mol. The Bertz CT molecular complexity index is 1420. The quantitative estimate of drug-likeness (QED) is 0.402. The highest BCUT2D eigenvalue weighted by Gasteiger charge is 2.33. The maximum Gasteiger partial charge on any atom is 0.418 e. The highest BCUT2D eigenvalue weighted by molar-refractivity contribution is 5.70. The predicted molar refractivity (Wildman–Crippen MR) is 115 cm³/mol. The fraction of sp³-hybridized carbons (Fsp3) is 0.0870. The van der Waals surface area contributed by atoms with Gasteiger partial charge in [-0.3, -0.25) is 9.08 Å². The van der Waals surface area contributed by atoms with E-state index in [1.165, 1.54) is 12.1 Å². The van der Waals surface area contributed by atoms with Crippen LogP contribution < -0.4 is 5.32 Å². The second kappa shape index (κ2) is 7.52. The molecule has 6 nitrogen and oxygen atoms in total. The van der Waals surface area contributed by atoms with E-state index in [9.17, 15) is 13.2 Å². The molecule has 0 saturated heterocycles. The summed E-state index contributed by atoms with van der Waals surface area (Å²) in [7, 11) is 1.86. The van der Waals surface area contributed by atoms with E-state index >= 15 is 0 Å². The second-order valence-electron chi connectivity index (χ2n) is 7.27. The van der Waals surface area contributed by atoms with Gasteiger partial charge < -0.3 is 5.32 Å². The Labute approximate surface area is 181 Å². The van der Waals surface area contributed by atoms with E-state index in [1.807, 2.05) is 36.0 Å². The lowest BCUT2D eigenvalue weighted by Crippen LogP contribution is -2.09. The molecule has 0 radical (unpaired) electrons. The molecule has 0 fully saturated rings. The van der Waals surface area contributed by atoms with Gasteiger partial charge >= 0.3 is 6.18 Å². The molecule has 0 atom stereocenters. The van der Waals surface area contributed by atoms with E-state index in [1.54, 1.807) is 41.3 Å². The SMILES string of the molecule is Cn1cc(-c2ccn3c(-c4cccc(Nc5ccccc5C(F)(F)F)n4)cnc3c2)cn1. The molecule has 0 unspecified atom stereocenters. The van der Waals surface area contributed by atoms with Crippen molar-refractivity contribution in [1.29, 1.82) is 0 Å². The second-order valence-corrected chi connectivity index (χ2v) is 7.27. The Morgan fingerprint density at radius 3 is 2.56 bits per heavy atom. The fourth-order valence-electron chi connectivity index (χ4n) is 3.54. The molecule has 4 aromatic heterocycles. The van der Waals surface area contributed by atoms with Crippen molar-refractivity contribution >= 4 is 17.2 Å². The van der Waals surface area contributed by atoms with Gasteiger partial charge in [0.2, 0.25) is 0 Å². The molecule has 1 aromatic carbocycles. The number of halogens is 3. The third-order valence-corrected chi connectivity index (χ3v) is 5.06. The van der Waals surface area contributed by atoms with Crippen LogP contribution in [0.15, 0.2) is 79.4 Å². The number of rotatable bonds is 4. The third kappa shape index (κ3) is 3.68. The fourth-order valence-corrected chi connectivity index (χ4v) is 3.54. The van der Waals surface area contributed by atoms with Gasteiger partial charge in [-0.2, -0.15) is 18.3 Å². The number of aromatic nitrogens is 5. The van der Waals surface area contributed by atoms with Crippen LogP contribution in [0.4, 0.5) is 24.7 Å². The first-order valence-corrected chi connectivity index (χ1v) is 9.75. The zero-order chi connectivity index (χ0) is 22.3. The molecule has 0 bridgehead atoms. The van der Waals surface area contributed by atoms with E-state index < -0.39 is 11.7 Å². The Hall–Kier alpha value is -4.14. The average Bonchev–Trinajstić information content (AvgIpc) is 3.39. The number of aryl methyl sites for hydroxylation is 1. The highest BCUT2D eigenvalue weighted by Crippen LogP contribution is 2.36. The lowest BCUT2D eigenvalue weighted by Gasteiger charge is -2.14. The van der Waals surface area contributed by atoms with E-state index in [4.69, 9.17) is 0 Å². The number of pyridine rings is 2. The summed E-state index contributed by atoms with van der Waals surface area (Å²) >= 11 is 0. The molecule has 5 aromatic rings. The summed E-state index contributed by atoms with van der Waals surface area (Å²) in [5.74, 6) is 0.307. The van der Waals surface area contributed by atoms with Gasteiger partial charge in [0, 0.05) is 25.0 Å². The lowest BCUT2D eigenvalue weighted by molar-refractivity contribution is -0.136. The van der Waals surface area contributed by atoms with E-state index in [2.05, 4.69) is 20.4 Å². The Morgan fingerprint density at radius 1 is 0.938 bits per heavy atom. The predicted octanol–water partition coefficient (Wildman–Crippen LogP) is 5.56. The highest BCUT2D eigenvalue weighted by atomic mass is 19.4. The van der Waals surface area contributed by atoms with Crippen LogP contribution in [0.1, 0.15) is 5.56 Å². The van der Waals surface area contributed by atoms with Crippen molar-refractivity contribution in [1.82, 2.24) is 24.1 Å². The first-order valence-electron chi connectivity index (χ1n) is 9.75. The van der Waals surface area contributed by atoms with Crippen LogP contribution in [-0.2, 0) is 13.2 Å². The van der Waals surface area contributed by atoms with Crippen molar-refractivity contribution in [3.05, 3.63) is 84.9 Å². The molecule has 4 heterocycles. The van der Waals surface area contributed by atoms with Gasteiger partial charge in [0.15, 0.2) is 0 Å². The molecule has 0 aliphatic rings. The molecular weight excluding hydrogens is 417 g/mol. The number of anilines is 2. The number of nitrogens with zero attached hydrogens (tertiary/aromatic N) is 5. The zero-order valence-corrected chi connectivity index (χ0v) is 16.9. The smallest absolute Gasteiger partial charge is 0.340 e. The van der Waals surface area contributed by atoms with Gasteiger partial charge in [0.1, 0.15) is 11.5 Å². The number of hydrogen-bond donors (Lipinski definition) is 1. The standard InChI is InChI=1S/C23H17F3N6/c1-31-14-16(12-28-31)15-9-10-32-20(13-27-22(32)11-15)19-7-4-8-21(30-19)29-18-6-3-2-5-17(18)23(24,25)26/h2-14H,1H3,(H,29,30). The maximum atomic E-state index is 13.3. The molecule has 5 rings (SSSR count). The van der Waals surface area contributed by atoms with Crippen molar-refractivity contribution in [3.63, 3.8) is 0 Å². The van der Waals surface area contributed by atoms with Crippen LogP contribution in [0.2, 0.25) is 0 Å². The first-order chi connectivity index (χ1) is 15.4. The molecule has 160 valence electrons. The van der Waals surface area contributed by atoms with Crippen molar-refractivity contribution < 1.29 is 13.2 Å². The minimum atomic E-state index is -4.46. The summed E-state index contributed by atoms with van der Waals surface area (Å²) in [4.78, 5) is 8.99. The molecule has 0 aliphatic carbocycles. The molecule has 0 saturated carbocycles. The third-order valence-electron chi connectivity index (χ3n) is 5.06. The number of para-hydroxylation sites is 1. The van der Waals surface area contributed by atoms with Gasteiger partial charge in [-0.15, -0.1) is 0 Å². The number of fused-ring (bicyclic) bond motifs is 1. The largest absolute Gasteiger partial charge is 0.418 e. The van der Waals surface area contributed by atoms with Crippen molar-refractivity contribution in [2.75, 3.05) is 5.32 Å². The van der Waals surface area contributed by atoms with Gasteiger partial charge in [-0.05, 0) is 42.0 Å². The maximum absolute atomic E-state index is 13.3. The lowest BCUT2D eigenvalue weighted by atomic mass is 10.1. The Balaban J connectivity index is 1.49. The number of benzene rings is 1. The topological polar surface area (TPSA) is 60.0 Å². The van der Waals surface area contributed by atoms with Crippen molar-refractivity contribution in [2.45, 2.75) is 6.18 Å². The summed E-state index contributed by atoms with van der Waals surface area (Å²) < 4.78 is 43.5. The van der Waals surface area contributed by atoms with Crippen LogP contribution in [0.5, 0.6) is 0 Å². The zero-order valence-electron chi connectivity index (χ0n) is 16.9. The van der Waals surface area contributed by atoms with E-state index in [0.29, 0.717) is 11.5 Å². The van der Waals surface area contributed by atoms with Gasteiger partial charge in [0.05, 0.1) is 35.0 Å². The molecule has 9 heteroatoms. The summed E-state index contributed by atoms with van der Waals surface area (Å²) in [5.41, 5.74) is 3.20. The number of alkyl halides is 3. The minimum absolute atomic E-state index is 0.0519. The van der Waals surface area contributed by atoms with Crippen LogP contribution in [-0.4, -0.2) is 24.1 Å². The molecule has 0 spiro atoms. The Kier molecular flexibility index (Phi) is 4.66. The number of imidazole rings is 1. The summed E-state index contributed by atoms with van der Waals surface area (Å²) in [6, 6.07) is 14.4. The molecule has 0 amide bonds. The monoisotopic (exact) mass is 434 g/mol. The van der Waals surface area contributed by atoms with Crippen LogP contribution in [0.25, 0.3) is 28.2 Å². The summed E-state index contributed by atoms with van der Waals surface area (Å²) in [5, 5.41) is 6.99. The normalized spacial score (nSPS) is 11.8. The van der Waals surface area contributed by atoms with Crippen molar-refractivity contribution in [2.24, 2.45) is 7.05 Å². The van der Waals surface area contributed by atoms with Crippen molar-refractivity contribution in [3.8, 4) is 22.5 Å². The van der Waals surface area contributed by atoms with Gasteiger partial charge in [0.25, 0.3) is 0 Å². The van der Waals surface area contributed by atoms with Gasteiger partial charge in [-0.1, -0.05) is 18.2 Å².